The number of rotatable bonds is 5. The number of halogens is 2. The van der Waals surface area contributed by atoms with Crippen molar-refractivity contribution in [3.8, 4) is 5.75 Å². The number of ether oxygens (including phenoxy) is 1. The SMILES string of the molecule is O=C(N/N=C/c1c(OC(=O)c2ccccc2Cl)ccc2ccccc12)c1cccc(Cl)c1. The lowest BCUT2D eigenvalue weighted by Gasteiger charge is -2.11. The van der Waals surface area contributed by atoms with Crippen molar-refractivity contribution in [2.75, 3.05) is 0 Å². The first-order chi connectivity index (χ1) is 15.5. The van der Waals surface area contributed by atoms with E-state index in [0.717, 1.165) is 10.8 Å². The number of amides is 1. The van der Waals surface area contributed by atoms with Crippen LogP contribution in [0.15, 0.2) is 90.0 Å². The fraction of sp³-hybridized carbons (Fsp3) is 0. The van der Waals surface area contributed by atoms with E-state index in [0.29, 0.717) is 21.2 Å². The number of nitrogens with zero attached hydrogens (tertiary/aromatic N) is 1. The van der Waals surface area contributed by atoms with Gasteiger partial charge in [0.1, 0.15) is 5.75 Å². The van der Waals surface area contributed by atoms with Gasteiger partial charge in [0.15, 0.2) is 0 Å². The Bertz CT molecular complexity index is 1350. The first-order valence-electron chi connectivity index (χ1n) is 9.60. The predicted molar refractivity (Wildman–Crippen MR) is 127 cm³/mol. The lowest BCUT2D eigenvalue weighted by atomic mass is 10.0. The van der Waals surface area contributed by atoms with E-state index in [4.69, 9.17) is 27.9 Å². The topological polar surface area (TPSA) is 67.8 Å². The zero-order valence-electron chi connectivity index (χ0n) is 16.6. The van der Waals surface area contributed by atoms with Gasteiger partial charge in [0.05, 0.1) is 16.8 Å². The van der Waals surface area contributed by atoms with E-state index in [2.05, 4.69) is 10.5 Å². The van der Waals surface area contributed by atoms with E-state index in [1.54, 1.807) is 54.6 Å². The first kappa shape index (κ1) is 21.6. The summed E-state index contributed by atoms with van der Waals surface area (Å²) in [5.41, 5.74) is 3.63. The van der Waals surface area contributed by atoms with Crippen LogP contribution in [0, 0.1) is 0 Å². The van der Waals surface area contributed by atoms with E-state index in [9.17, 15) is 9.59 Å². The Morgan fingerprint density at radius 1 is 0.875 bits per heavy atom. The molecule has 0 fully saturated rings. The maximum Gasteiger partial charge on any atom is 0.345 e. The molecule has 0 radical (unpaired) electrons. The van der Waals surface area contributed by atoms with Crippen molar-refractivity contribution in [3.05, 3.63) is 112 Å². The van der Waals surface area contributed by atoms with E-state index < -0.39 is 11.9 Å². The van der Waals surface area contributed by atoms with Crippen LogP contribution in [-0.2, 0) is 0 Å². The maximum atomic E-state index is 12.7. The number of nitrogens with one attached hydrogen (secondary N) is 1. The predicted octanol–water partition coefficient (Wildman–Crippen LogP) is 6.13. The number of carbonyl (C=O) groups is 2. The van der Waals surface area contributed by atoms with Crippen molar-refractivity contribution in [2.24, 2.45) is 5.10 Å². The Labute approximate surface area is 194 Å². The summed E-state index contributed by atoms with van der Waals surface area (Å²) in [6.45, 7) is 0. The second kappa shape index (κ2) is 9.64. The Morgan fingerprint density at radius 3 is 2.47 bits per heavy atom. The molecule has 0 aliphatic carbocycles. The summed E-state index contributed by atoms with van der Waals surface area (Å²) in [4.78, 5) is 25.0. The third-order valence-electron chi connectivity index (χ3n) is 4.67. The van der Waals surface area contributed by atoms with Gasteiger partial charge in [-0.3, -0.25) is 4.79 Å². The largest absolute Gasteiger partial charge is 0.422 e. The zero-order valence-corrected chi connectivity index (χ0v) is 18.1. The van der Waals surface area contributed by atoms with E-state index >= 15 is 0 Å². The lowest BCUT2D eigenvalue weighted by Crippen LogP contribution is -2.17. The summed E-state index contributed by atoms with van der Waals surface area (Å²) < 4.78 is 5.63. The number of esters is 1. The molecule has 32 heavy (non-hydrogen) atoms. The van der Waals surface area contributed by atoms with Gasteiger partial charge in [0.2, 0.25) is 0 Å². The molecular formula is C25H16Cl2N2O3. The van der Waals surface area contributed by atoms with E-state index in [1.165, 1.54) is 6.21 Å². The average Bonchev–Trinajstić information content (AvgIpc) is 2.80. The van der Waals surface area contributed by atoms with Gasteiger partial charge in [-0.05, 0) is 47.2 Å². The number of fused-ring (bicyclic) bond motifs is 1. The summed E-state index contributed by atoms with van der Waals surface area (Å²) in [5, 5.41) is 6.54. The third-order valence-corrected chi connectivity index (χ3v) is 5.24. The third kappa shape index (κ3) is 4.80. The Hall–Kier alpha value is -3.67. The molecule has 4 aromatic rings. The van der Waals surface area contributed by atoms with Gasteiger partial charge in [0.25, 0.3) is 5.91 Å². The standard InChI is InChI=1S/C25H16Cl2N2O3/c26-18-8-5-7-17(14-18)24(30)29-28-15-21-19-9-2-1-6-16(19)12-13-23(21)32-25(31)20-10-3-4-11-22(20)27/h1-15H,(H,29,30)/b28-15+. The summed E-state index contributed by atoms with van der Waals surface area (Å²) in [5.74, 6) is -0.725. The highest BCUT2D eigenvalue weighted by Crippen LogP contribution is 2.28. The fourth-order valence-electron chi connectivity index (χ4n) is 3.13. The minimum absolute atomic E-state index is 0.250. The van der Waals surface area contributed by atoms with Crippen LogP contribution >= 0.6 is 23.2 Å². The summed E-state index contributed by atoms with van der Waals surface area (Å²) >= 11 is 12.1. The Morgan fingerprint density at radius 2 is 1.66 bits per heavy atom. The summed E-state index contributed by atoms with van der Waals surface area (Å²) in [7, 11) is 0. The molecule has 1 amide bonds. The highest BCUT2D eigenvalue weighted by atomic mass is 35.5. The van der Waals surface area contributed by atoms with Gasteiger partial charge in [-0.15, -0.1) is 0 Å². The van der Waals surface area contributed by atoms with Gasteiger partial charge >= 0.3 is 5.97 Å². The van der Waals surface area contributed by atoms with Gasteiger partial charge < -0.3 is 4.74 Å². The number of hydrazone groups is 1. The number of hydrogen-bond acceptors (Lipinski definition) is 4. The summed E-state index contributed by atoms with van der Waals surface area (Å²) in [6.07, 6.45) is 1.44. The van der Waals surface area contributed by atoms with Crippen LogP contribution in [0.4, 0.5) is 0 Å². The highest BCUT2D eigenvalue weighted by molar-refractivity contribution is 6.33. The highest BCUT2D eigenvalue weighted by Gasteiger charge is 2.16. The smallest absolute Gasteiger partial charge is 0.345 e. The van der Waals surface area contributed by atoms with Gasteiger partial charge in [-0.2, -0.15) is 5.10 Å². The second-order valence-electron chi connectivity index (χ2n) is 6.78. The molecule has 158 valence electrons. The van der Waals surface area contributed by atoms with Crippen LogP contribution in [0.2, 0.25) is 10.0 Å². The molecule has 1 N–H and O–H groups in total. The molecule has 0 spiro atoms. The average molecular weight is 463 g/mol. The van der Waals surface area contributed by atoms with Crippen molar-refractivity contribution < 1.29 is 14.3 Å². The molecule has 0 saturated heterocycles. The minimum atomic E-state index is -0.594. The molecule has 5 nitrogen and oxygen atoms in total. The number of benzene rings is 4. The molecule has 0 heterocycles. The maximum absolute atomic E-state index is 12.7. The molecular weight excluding hydrogens is 447 g/mol. The monoisotopic (exact) mass is 462 g/mol. The van der Waals surface area contributed by atoms with Crippen LogP contribution in [0.25, 0.3) is 10.8 Å². The Balaban J connectivity index is 1.64. The lowest BCUT2D eigenvalue weighted by molar-refractivity contribution is 0.0734. The zero-order chi connectivity index (χ0) is 22.5. The molecule has 0 bridgehead atoms. The van der Waals surface area contributed by atoms with E-state index in [-0.39, 0.29) is 11.3 Å². The quantitative estimate of drug-likeness (QED) is 0.168. The van der Waals surface area contributed by atoms with Crippen molar-refractivity contribution in [2.45, 2.75) is 0 Å². The Kier molecular flexibility index (Phi) is 6.50. The van der Waals surface area contributed by atoms with Crippen molar-refractivity contribution >= 4 is 52.1 Å². The molecule has 4 aromatic carbocycles. The molecule has 0 unspecified atom stereocenters. The number of carbonyl (C=O) groups excluding carboxylic acids is 2. The van der Waals surface area contributed by atoms with Crippen LogP contribution in [0.1, 0.15) is 26.3 Å². The molecule has 7 heteroatoms. The van der Waals surface area contributed by atoms with Crippen molar-refractivity contribution in [3.63, 3.8) is 0 Å². The molecule has 0 aliphatic rings. The molecule has 0 aliphatic heterocycles. The minimum Gasteiger partial charge on any atom is -0.422 e. The van der Waals surface area contributed by atoms with Gasteiger partial charge in [-0.25, -0.2) is 10.2 Å². The molecule has 0 saturated carbocycles. The summed E-state index contributed by atoms with van der Waals surface area (Å²) in [6, 6.07) is 24.3. The second-order valence-corrected chi connectivity index (χ2v) is 7.62. The molecule has 0 aromatic heterocycles. The molecule has 0 atom stereocenters. The van der Waals surface area contributed by atoms with Crippen LogP contribution in [0.5, 0.6) is 5.75 Å². The number of hydrogen-bond donors (Lipinski definition) is 1. The molecule has 4 rings (SSSR count). The van der Waals surface area contributed by atoms with E-state index in [1.807, 2.05) is 30.3 Å². The van der Waals surface area contributed by atoms with Gasteiger partial charge in [0, 0.05) is 16.1 Å². The van der Waals surface area contributed by atoms with Crippen LogP contribution in [0.3, 0.4) is 0 Å². The van der Waals surface area contributed by atoms with Crippen LogP contribution < -0.4 is 10.2 Å². The fourth-order valence-corrected chi connectivity index (χ4v) is 3.53. The van der Waals surface area contributed by atoms with Crippen molar-refractivity contribution in [1.82, 2.24) is 5.43 Å². The first-order valence-corrected chi connectivity index (χ1v) is 10.4. The van der Waals surface area contributed by atoms with Gasteiger partial charge in [-0.1, -0.05) is 71.7 Å². The normalized spacial score (nSPS) is 10.9. The van der Waals surface area contributed by atoms with Crippen LogP contribution in [-0.4, -0.2) is 18.1 Å². The van der Waals surface area contributed by atoms with Crippen molar-refractivity contribution in [1.29, 1.82) is 0 Å².